The van der Waals surface area contributed by atoms with Crippen LogP contribution in [0.3, 0.4) is 0 Å². The van der Waals surface area contributed by atoms with Gasteiger partial charge in [-0.3, -0.25) is 9.59 Å². The fraction of sp³-hybridized carbons (Fsp3) is 0.300. The van der Waals surface area contributed by atoms with Gasteiger partial charge in [-0.2, -0.15) is 0 Å². The summed E-state index contributed by atoms with van der Waals surface area (Å²) in [6, 6.07) is 12.5. The van der Waals surface area contributed by atoms with Gasteiger partial charge in [-0.05, 0) is 48.6 Å². The van der Waals surface area contributed by atoms with Gasteiger partial charge < -0.3 is 10.6 Å². The van der Waals surface area contributed by atoms with Gasteiger partial charge in [0.15, 0.2) is 9.84 Å². The van der Waals surface area contributed by atoms with Crippen molar-refractivity contribution in [2.24, 2.45) is 0 Å². The van der Waals surface area contributed by atoms with Crippen molar-refractivity contribution in [2.75, 3.05) is 16.4 Å². The largest absolute Gasteiger partial charge is 0.326 e. The van der Waals surface area contributed by atoms with Gasteiger partial charge in [0.05, 0.1) is 16.5 Å². The zero-order valence-electron chi connectivity index (χ0n) is 14.7. The van der Waals surface area contributed by atoms with Crippen LogP contribution in [0.5, 0.6) is 0 Å². The Balaban J connectivity index is 1.62. The van der Waals surface area contributed by atoms with Crippen LogP contribution in [0.1, 0.15) is 36.3 Å². The number of nitrogens with one attached hydrogen (secondary N) is 2. The number of hydrogen-bond acceptors (Lipinski definition) is 4. The third kappa shape index (κ3) is 3.47. The first-order valence-electron chi connectivity index (χ1n) is 8.99. The molecule has 2 aliphatic rings. The van der Waals surface area contributed by atoms with Crippen molar-refractivity contribution in [1.82, 2.24) is 0 Å². The third-order valence-electron chi connectivity index (χ3n) is 5.12. The van der Waals surface area contributed by atoms with Crippen molar-refractivity contribution in [3.8, 4) is 0 Å². The molecule has 1 aliphatic carbocycles. The average molecular weight is 384 g/mol. The highest BCUT2D eigenvalue weighted by molar-refractivity contribution is 7.92. The minimum atomic E-state index is -3.69. The van der Waals surface area contributed by atoms with Crippen LogP contribution in [0.25, 0.3) is 0 Å². The molecule has 140 valence electrons. The number of sulfone groups is 1. The Morgan fingerprint density at radius 2 is 1.93 bits per heavy atom. The highest BCUT2D eigenvalue weighted by Crippen LogP contribution is 2.33. The molecule has 2 aromatic rings. The molecule has 1 unspecified atom stereocenters. The van der Waals surface area contributed by atoms with E-state index in [4.69, 9.17) is 0 Å². The minimum absolute atomic E-state index is 0.0427. The molecule has 7 heteroatoms. The van der Waals surface area contributed by atoms with Crippen molar-refractivity contribution < 1.29 is 18.0 Å². The molecule has 0 spiro atoms. The van der Waals surface area contributed by atoms with Crippen molar-refractivity contribution >= 4 is 33.0 Å². The van der Waals surface area contributed by atoms with Gasteiger partial charge in [-0.1, -0.05) is 30.7 Å². The lowest BCUT2D eigenvalue weighted by Gasteiger charge is -2.20. The highest BCUT2D eigenvalue weighted by Gasteiger charge is 2.30. The van der Waals surface area contributed by atoms with E-state index in [1.54, 1.807) is 6.07 Å². The van der Waals surface area contributed by atoms with E-state index < -0.39 is 21.5 Å². The lowest BCUT2D eigenvalue weighted by molar-refractivity contribution is -0.117. The Morgan fingerprint density at radius 3 is 2.78 bits per heavy atom. The number of anilines is 2. The normalized spacial score (nSPS) is 20.6. The van der Waals surface area contributed by atoms with Crippen molar-refractivity contribution in [1.29, 1.82) is 0 Å². The fourth-order valence-electron chi connectivity index (χ4n) is 3.82. The van der Waals surface area contributed by atoms with Crippen LogP contribution in [0.2, 0.25) is 0 Å². The van der Waals surface area contributed by atoms with Gasteiger partial charge in [0.1, 0.15) is 5.75 Å². The van der Waals surface area contributed by atoms with E-state index in [1.165, 1.54) is 17.7 Å². The number of carbonyl (C=O) groups is 2. The summed E-state index contributed by atoms with van der Waals surface area (Å²) in [5.41, 5.74) is 2.92. The number of hydrogen-bond donors (Lipinski definition) is 2. The second-order valence-electron chi connectivity index (χ2n) is 7.00. The lowest BCUT2D eigenvalue weighted by atomic mass is 9.92. The SMILES string of the molecule is O=C1CS(=O)(=O)c2cc(NC(=O)C3CCCCc4ccccc43)ccc2N1. The number of aryl methyl sites for hydroxylation is 1. The Morgan fingerprint density at radius 1 is 1.11 bits per heavy atom. The molecular formula is C20H20N2O4S. The minimum Gasteiger partial charge on any atom is -0.326 e. The van der Waals surface area contributed by atoms with E-state index in [-0.39, 0.29) is 22.4 Å². The zero-order chi connectivity index (χ0) is 19.0. The first-order chi connectivity index (χ1) is 12.9. The number of fused-ring (bicyclic) bond motifs is 2. The van der Waals surface area contributed by atoms with Crippen LogP contribution in [0.15, 0.2) is 47.4 Å². The molecule has 2 aromatic carbocycles. The number of benzene rings is 2. The van der Waals surface area contributed by atoms with Crippen LogP contribution < -0.4 is 10.6 Å². The first kappa shape index (κ1) is 17.7. The summed E-state index contributed by atoms with van der Waals surface area (Å²) >= 11 is 0. The summed E-state index contributed by atoms with van der Waals surface area (Å²) < 4.78 is 24.5. The summed E-state index contributed by atoms with van der Waals surface area (Å²) in [4.78, 5) is 24.5. The molecule has 0 saturated carbocycles. The van der Waals surface area contributed by atoms with Gasteiger partial charge in [-0.15, -0.1) is 0 Å². The maximum Gasteiger partial charge on any atom is 0.239 e. The molecule has 1 aliphatic heterocycles. The Labute approximate surface area is 157 Å². The zero-order valence-corrected chi connectivity index (χ0v) is 15.5. The standard InChI is InChI=1S/C20H20N2O4S/c23-19-12-27(25,26)18-11-14(9-10-17(18)22-19)21-20(24)16-8-4-2-6-13-5-1-3-7-15(13)16/h1,3,5,7,9-11,16H,2,4,6,8,12H2,(H,21,24)(H,22,23). The van der Waals surface area contributed by atoms with Crippen molar-refractivity contribution in [3.05, 3.63) is 53.6 Å². The molecule has 2 amide bonds. The first-order valence-corrected chi connectivity index (χ1v) is 10.6. The van der Waals surface area contributed by atoms with Gasteiger partial charge >= 0.3 is 0 Å². The second kappa shape index (κ2) is 6.81. The summed E-state index contributed by atoms with van der Waals surface area (Å²) in [5, 5.41) is 5.41. The van der Waals surface area contributed by atoms with E-state index in [2.05, 4.69) is 16.7 Å². The molecular weight excluding hydrogens is 364 g/mol. The average Bonchev–Trinajstić information content (AvgIpc) is 2.84. The topological polar surface area (TPSA) is 92.3 Å². The monoisotopic (exact) mass is 384 g/mol. The highest BCUT2D eigenvalue weighted by atomic mass is 32.2. The molecule has 0 radical (unpaired) electrons. The number of carbonyl (C=O) groups excluding carboxylic acids is 2. The van der Waals surface area contributed by atoms with Gasteiger partial charge in [0, 0.05) is 5.69 Å². The molecule has 2 N–H and O–H groups in total. The molecule has 1 atom stereocenters. The summed E-state index contributed by atoms with van der Waals surface area (Å²) in [5.74, 6) is -1.51. The van der Waals surface area contributed by atoms with E-state index in [0.717, 1.165) is 31.2 Å². The van der Waals surface area contributed by atoms with Crippen LogP contribution in [0.4, 0.5) is 11.4 Å². The molecule has 0 saturated heterocycles. The van der Waals surface area contributed by atoms with Gasteiger partial charge in [-0.25, -0.2) is 8.42 Å². The predicted octanol–water partition coefficient (Wildman–Crippen LogP) is 2.86. The molecule has 27 heavy (non-hydrogen) atoms. The maximum atomic E-state index is 12.9. The van der Waals surface area contributed by atoms with Gasteiger partial charge in [0.2, 0.25) is 11.8 Å². The molecule has 1 heterocycles. The van der Waals surface area contributed by atoms with Crippen molar-refractivity contribution in [2.45, 2.75) is 36.5 Å². The quantitative estimate of drug-likeness (QED) is 0.779. The van der Waals surface area contributed by atoms with E-state index in [9.17, 15) is 18.0 Å². The lowest BCUT2D eigenvalue weighted by Crippen LogP contribution is -2.29. The van der Waals surface area contributed by atoms with Crippen LogP contribution in [-0.4, -0.2) is 26.0 Å². The fourth-order valence-corrected chi connectivity index (χ4v) is 5.15. The molecule has 0 bridgehead atoms. The summed E-state index contributed by atoms with van der Waals surface area (Å²) in [6.45, 7) is 0. The number of rotatable bonds is 2. The van der Waals surface area contributed by atoms with E-state index >= 15 is 0 Å². The molecule has 6 nitrogen and oxygen atoms in total. The molecule has 4 rings (SSSR count). The molecule has 0 fully saturated rings. The summed E-state index contributed by atoms with van der Waals surface area (Å²) in [6.07, 6.45) is 3.76. The van der Waals surface area contributed by atoms with Gasteiger partial charge in [0.25, 0.3) is 0 Å². The second-order valence-corrected chi connectivity index (χ2v) is 8.96. The van der Waals surface area contributed by atoms with E-state index in [1.807, 2.05) is 18.2 Å². The Kier molecular flexibility index (Phi) is 4.47. The third-order valence-corrected chi connectivity index (χ3v) is 6.77. The van der Waals surface area contributed by atoms with Crippen LogP contribution >= 0.6 is 0 Å². The van der Waals surface area contributed by atoms with Crippen LogP contribution in [-0.2, 0) is 25.8 Å². The van der Waals surface area contributed by atoms with E-state index in [0.29, 0.717) is 5.69 Å². The van der Waals surface area contributed by atoms with Crippen LogP contribution in [0, 0.1) is 0 Å². The predicted molar refractivity (Wildman–Crippen MR) is 102 cm³/mol. The Hall–Kier alpha value is -2.67. The summed E-state index contributed by atoms with van der Waals surface area (Å²) in [7, 11) is -3.69. The Bertz CT molecular complexity index is 1030. The molecule has 0 aromatic heterocycles. The number of amides is 2. The smallest absolute Gasteiger partial charge is 0.239 e. The maximum absolute atomic E-state index is 12.9. The van der Waals surface area contributed by atoms with Crippen molar-refractivity contribution in [3.63, 3.8) is 0 Å².